The lowest BCUT2D eigenvalue weighted by Gasteiger charge is -2.07. The molecule has 1 aromatic carbocycles. The number of aromatic hydroxyl groups is 1. The molecule has 3 aromatic rings. The molecule has 3 rings (SSSR count). The molecule has 0 spiro atoms. The predicted octanol–water partition coefficient (Wildman–Crippen LogP) is 3.98. The molecule has 0 aliphatic carbocycles. The van der Waals surface area contributed by atoms with Crippen LogP contribution in [0.2, 0.25) is 5.02 Å². The Morgan fingerprint density at radius 1 is 1.24 bits per heavy atom. The highest BCUT2D eigenvalue weighted by Crippen LogP contribution is 2.30. The fourth-order valence-electron chi connectivity index (χ4n) is 1.98. The monoisotopic (exact) mass is 317 g/mol. The molecule has 0 amide bonds. The van der Waals surface area contributed by atoms with Crippen LogP contribution in [0.15, 0.2) is 41.7 Å². The van der Waals surface area contributed by atoms with Crippen LogP contribution in [0.1, 0.15) is 11.3 Å². The van der Waals surface area contributed by atoms with Crippen molar-refractivity contribution in [1.82, 2.24) is 15.0 Å². The van der Waals surface area contributed by atoms with Crippen molar-refractivity contribution in [2.75, 3.05) is 0 Å². The molecule has 0 saturated heterocycles. The van der Waals surface area contributed by atoms with Gasteiger partial charge in [0.15, 0.2) is 5.16 Å². The molecule has 0 atom stereocenters. The van der Waals surface area contributed by atoms with Crippen molar-refractivity contribution in [3.8, 4) is 5.88 Å². The number of hydrogen-bond donors (Lipinski definition) is 1. The SMILES string of the molecule is Cc1cc(O)nc(SCc2cnc3ccccc3c2Cl)n1. The third-order valence-electron chi connectivity index (χ3n) is 2.96. The summed E-state index contributed by atoms with van der Waals surface area (Å²) < 4.78 is 0. The smallest absolute Gasteiger partial charge is 0.215 e. The number of aromatic nitrogens is 3. The van der Waals surface area contributed by atoms with E-state index in [-0.39, 0.29) is 5.88 Å². The number of halogens is 1. The van der Waals surface area contributed by atoms with Crippen molar-refractivity contribution >= 4 is 34.3 Å². The Hall–Kier alpha value is -1.85. The number of aryl methyl sites for hydroxylation is 1. The van der Waals surface area contributed by atoms with E-state index in [9.17, 15) is 5.11 Å². The van der Waals surface area contributed by atoms with Gasteiger partial charge < -0.3 is 5.11 Å². The number of thioether (sulfide) groups is 1. The summed E-state index contributed by atoms with van der Waals surface area (Å²) in [5, 5.41) is 11.6. The zero-order valence-corrected chi connectivity index (χ0v) is 12.8. The van der Waals surface area contributed by atoms with Gasteiger partial charge in [-0.05, 0) is 13.0 Å². The summed E-state index contributed by atoms with van der Waals surface area (Å²) in [5.41, 5.74) is 2.53. The van der Waals surface area contributed by atoms with Gasteiger partial charge in [-0.15, -0.1) is 0 Å². The molecule has 0 unspecified atom stereocenters. The molecule has 0 saturated carbocycles. The zero-order valence-electron chi connectivity index (χ0n) is 11.2. The zero-order chi connectivity index (χ0) is 14.8. The molecule has 0 radical (unpaired) electrons. The Kier molecular flexibility index (Phi) is 3.94. The number of pyridine rings is 1. The number of benzene rings is 1. The molecular formula is C15H12ClN3OS. The summed E-state index contributed by atoms with van der Waals surface area (Å²) in [6.45, 7) is 1.82. The summed E-state index contributed by atoms with van der Waals surface area (Å²) in [5.74, 6) is 0.576. The summed E-state index contributed by atoms with van der Waals surface area (Å²) >= 11 is 7.84. The van der Waals surface area contributed by atoms with Gasteiger partial charge in [-0.3, -0.25) is 4.98 Å². The van der Waals surface area contributed by atoms with E-state index >= 15 is 0 Å². The van der Waals surface area contributed by atoms with Gasteiger partial charge in [0, 0.05) is 34.7 Å². The second-order valence-corrected chi connectivity index (χ2v) is 5.87. The summed E-state index contributed by atoms with van der Waals surface area (Å²) in [7, 11) is 0. The van der Waals surface area contributed by atoms with Crippen LogP contribution < -0.4 is 0 Å². The Labute approximate surface area is 131 Å². The van der Waals surface area contributed by atoms with Crippen LogP contribution in [0.25, 0.3) is 10.9 Å². The summed E-state index contributed by atoms with van der Waals surface area (Å²) in [6.07, 6.45) is 1.77. The number of para-hydroxylation sites is 1. The maximum atomic E-state index is 9.48. The van der Waals surface area contributed by atoms with E-state index < -0.39 is 0 Å². The lowest BCUT2D eigenvalue weighted by Crippen LogP contribution is -1.92. The first kappa shape index (κ1) is 14.1. The van der Waals surface area contributed by atoms with Crippen molar-refractivity contribution in [3.05, 3.63) is 52.8 Å². The van der Waals surface area contributed by atoms with E-state index in [0.29, 0.717) is 15.9 Å². The van der Waals surface area contributed by atoms with Gasteiger partial charge in [0.25, 0.3) is 0 Å². The number of rotatable bonds is 3. The highest BCUT2D eigenvalue weighted by Gasteiger charge is 2.09. The largest absolute Gasteiger partial charge is 0.493 e. The number of nitrogens with zero attached hydrogens (tertiary/aromatic N) is 3. The van der Waals surface area contributed by atoms with E-state index in [2.05, 4.69) is 15.0 Å². The third-order valence-corrected chi connectivity index (χ3v) is 4.30. The van der Waals surface area contributed by atoms with E-state index in [1.54, 1.807) is 6.20 Å². The Morgan fingerprint density at radius 3 is 2.86 bits per heavy atom. The average Bonchev–Trinajstić information content (AvgIpc) is 2.46. The Balaban J connectivity index is 1.86. The number of hydrogen-bond acceptors (Lipinski definition) is 5. The van der Waals surface area contributed by atoms with Gasteiger partial charge in [0.1, 0.15) is 0 Å². The van der Waals surface area contributed by atoms with Crippen molar-refractivity contribution < 1.29 is 5.11 Å². The molecule has 1 N–H and O–H groups in total. The Morgan fingerprint density at radius 2 is 2.05 bits per heavy atom. The quantitative estimate of drug-likeness (QED) is 0.585. The lowest BCUT2D eigenvalue weighted by molar-refractivity contribution is 0.444. The van der Waals surface area contributed by atoms with E-state index in [1.165, 1.54) is 17.8 Å². The minimum absolute atomic E-state index is 0.0206. The van der Waals surface area contributed by atoms with Gasteiger partial charge in [0.2, 0.25) is 5.88 Å². The molecule has 0 bridgehead atoms. The van der Waals surface area contributed by atoms with Gasteiger partial charge in [-0.1, -0.05) is 41.6 Å². The molecule has 6 heteroatoms. The maximum Gasteiger partial charge on any atom is 0.215 e. The Bertz CT molecular complexity index is 790. The molecule has 4 nitrogen and oxygen atoms in total. The van der Waals surface area contributed by atoms with Gasteiger partial charge in [0.05, 0.1) is 10.5 Å². The van der Waals surface area contributed by atoms with Crippen LogP contribution in [-0.4, -0.2) is 20.1 Å². The molecule has 0 fully saturated rings. The fraction of sp³-hybridized carbons (Fsp3) is 0.133. The minimum Gasteiger partial charge on any atom is -0.493 e. The molecular weight excluding hydrogens is 306 g/mol. The molecule has 21 heavy (non-hydrogen) atoms. The van der Waals surface area contributed by atoms with Gasteiger partial charge in [-0.2, -0.15) is 4.98 Å². The van der Waals surface area contributed by atoms with Crippen molar-refractivity contribution in [1.29, 1.82) is 0 Å². The minimum atomic E-state index is -0.0206. The van der Waals surface area contributed by atoms with Crippen molar-refractivity contribution in [2.24, 2.45) is 0 Å². The van der Waals surface area contributed by atoms with Crippen LogP contribution in [0.4, 0.5) is 0 Å². The highest BCUT2D eigenvalue weighted by atomic mass is 35.5. The second-order valence-electron chi connectivity index (χ2n) is 4.55. The van der Waals surface area contributed by atoms with Crippen LogP contribution in [0.5, 0.6) is 5.88 Å². The van der Waals surface area contributed by atoms with Crippen molar-refractivity contribution in [3.63, 3.8) is 0 Å². The summed E-state index contributed by atoms with van der Waals surface area (Å²) in [6, 6.07) is 9.28. The molecule has 0 aliphatic rings. The van der Waals surface area contributed by atoms with E-state index in [1.807, 2.05) is 31.2 Å². The van der Waals surface area contributed by atoms with Crippen LogP contribution in [0, 0.1) is 6.92 Å². The second kappa shape index (κ2) is 5.87. The molecule has 2 heterocycles. The fourth-order valence-corrected chi connectivity index (χ4v) is 3.21. The molecule has 2 aromatic heterocycles. The lowest BCUT2D eigenvalue weighted by atomic mass is 10.2. The number of fused-ring (bicyclic) bond motifs is 1. The predicted molar refractivity (Wildman–Crippen MR) is 84.7 cm³/mol. The normalized spacial score (nSPS) is 11.0. The molecule has 106 valence electrons. The molecule has 0 aliphatic heterocycles. The first-order chi connectivity index (χ1) is 10.1. The van der Waals surface area contributed by atoms with Crippen LogP contribution in [0.3, 0.4) is 0 Å². The standard InChI is InChI=1S/C15H12ClN3OS/c1-9-6-13(20)19-15(18-9)21-8-10-7-17-12-5-3-2-4-11(12)14(10)16/h2-7H,8H2,1H3,(H,18,19,20). The highest BCUT2D eigenvalue weighted by molar-refractivity contribution is 7.98. The van der Waals surface area contributed by atoms with E-state index in [4.69, 9.17) is 11.6 Å². The first-order valence-corrected chi connectivity index (χ1v) is 7.69. The van der Waals surface area contributed by atoms with Crippen LogP contribution in [-0.2, 0) is 5.75 Å². The van der Waals surface area contributed by atoms with E-state index in [0.717, 1.165) is 22.2 Å². The first-order valence-electron chi connectivity index (χ1n) is 6.33. The topological polar surface area (TPSA) is 58.9 Å². The van der Waals surface area contributed by atoms with Crippen molar-refractivity contribution in [2.45, 2.75) is 17.8 Å². The maximum absolute atomic E-state index is 9.48. The summed E-state index contributed by atoms with van der Waals surface area (Å²) in [4.78, 5) is 12.7. The van der Waals surface area contributed by atoms with Crippen LogP contribution >= 0.6 is 23.4 Å². The van der Waals surface area contributed by atoms with Gasteiger partial charge >= 0.3 is 0 Å². The average molecular weight is 318 g/mol. The third kappa shape index (κ3) is 3.09. The van der Waals surface area contributed by atoms with Gasteiger partial charge in [-0.25, -0.2) is 4.98 Å².